The van der Waals surface area contributed by atoms with Crippen LogP contribution in [0.5, 0.6) is 0 Å². The van der Waals surface area contributed by atoms with Crippen LogP contribution in [0, 0.1) is 0 Å². The normalized spacial score (nSPS) is 12.7. The second kappa shape index (κ2) is 9.25. The molecule has 0 aliphatic rings. The molecule has 3 aromatic rings. The minimum Gasteiger partial charge on any atom is -0.374 e. The van der Waals surface area contributed by atoms with Gasteiger partial charge in [-0.1, -0.05) is 40.3 Å². The Morgan fingerprint density at radius 3 is 2.83 bits per heavy atom. The van der Waals surface area contributed by atoms with Crippen LogP contribution < -0.4 is 15.8 Å². The van der Waals surface area contributed by atoms with E-state index >= 15 is 0 Å². The first-order chi connectivity index (χ1) is 13.9. The lowest BCUT2D eigenvalue weighted by molar-refractivity contribution is -0.808. The Bertz CT molecular complexity index is 889. The van der Waals surface area contributed by atoms with Crippen LogP contribution in [0.2, 0.25) is 0 Å². The quantitative estimate of drug-likeness (QED) is 0.334. The first-order valence-corrected chi connectivity index (χ1v) is 9.05. The summed E-state index contributed by atoms with van der Waals surface area (Å²) in [6.07, 6.45) is 0. The predicted octanol–water partition coefficient (Wildman–Crippen LogP) is -1.71. The zero-order valence-corrected chi connectivity index (χ0v) is 16.3. The first-order valence-electron chi connectivity index (χ1n) is 9.05. The largest absolute Gasteiger partial charge is 0.374 e. The van der Waals surface area contributed by atoms with Gasteiger partial charge in [0.15, 0.2) is 5.82 Å². The zero-order valence-electron chi connectivity index (χ0n) is 16.3. The fraction of sp³-hybridized carbons (Fsp3) is 0.500. The van der Waals surface area contributed by atoms with Crippen LogP contribution in [0.15, 0.2) is 30.3 Å². The number of aryl methyl sites for hydroxylation is 2. The van der Waals surface area contributed by atoms with Crippen LogP contribution in [0.1, 0.15) is 31.3 Å². The van der Waals surface area contributed by atoms with Gasteiger partial charge in [-0.3, -0.25) is 4.79 Å². The van der Waals surface area contributed by atoms with Gasteiger partial charge in [0.1, 0.15) is 17.8 Å². The van der Waals surface area contributed by atoms with Gasteiger partial charge in [0.2, 0.25) is 16.3 Å². The van der Waals surface area contributed by atoms with Crippen LogP contribution in [-0.2, 0) is 29.2 Å². The number of rotatable bonds is 10. The van der Waals surface area contributed by atoms with Crippen LogP contribution >= 0.6 is 0 Å². The van der Waals surface area contributed by atoms with Crippen LogP contribution in [-0.4, -0.2) is 59.1 Å². The Balaban J connectivity index is 1.70. The number of nitrogens with one attached hydrogen (secondary N) is 2. The number of aromatic amines is 1. The molecule has 4 N–H and O–H groups in total. The van der Waals surface area contributed by atoms with Crippen molar-refractivity contribution in [3.05, 3.63) is 41.7 Å². The van der Waals surface area contributed by atoms with Crippen LogP contribution in [0.3, 0.4) is 0 Å². The van der Waals surface area contributed by atoms with E-state index in [1.54, 1.807) is 18.5 Å². The monoisotopic (exact) mass is 402 g/mol. The molecule has 0 aliphatic heterocycles. The molecule has 0 fully saturated rings. The molecular formula is C16H24N11O2+. The molecule has 0 radical (unpaired) electrons. The van der Waals surface area contributed by atoms with Crippen molar-refractivity contribution in [3.63, 3.8) is 0 Å². The Morgan fingerprint density at radius 1 is 1.34 bits per heavy atom. The molecule has 1 aromatic carbocycles. The minimum absolute atomic E-state index is 0.175. The lowest BCUT2D eigenvalue weighted by atomic mass is 10.1. The Labute approximate surface area is 166 Å². The Morgan fingerprint density at radius 2 is 2.14 bits per heavy atom. The van der Waals surface area contributed by atoms with Crippen LogP contribution in [0.25, 0.3) is 0 Å². The van der Waals surface area contributed by atoms with E-state index in [0.717, 1.165) is 5.56 Å². The molecule has 154 valence electrons. The lowest BCUT2D eigenvalue weighted by Gasteiger charge is -2.23. The van der Waals surface area contributed by atoms with E-state index in [-0.39, 0.29) is 12.5 Å². The van der Waals surface area contributed by atoms with E-state index in [9.17, 15) is 4.79 Å². The average molecular weight is 402 g/mol. The minimum atomic E-state index is -1.06. The van der Waals surface area contributed by atoms with E-state index in [2.05, 4.69) is 41.7 Å². The number of amides is 1. The Hall–Kier alpha value is -3.32. The van der Waals surface area contributed by atoms with E-state index in [1.165, 1.54) is 4.80 Å². The maximum absolute atomic E-state index is 12.5. The summed E-state index contributed by atoms with van der Waals surface area (Å²) in [5.41, 5.74) is 5.88. The second-order valence-electron chi connectivity index (χ2n) is 7.01. The molecule has 0 bridgehead atoms. The number of carbonyl (C=O) groups is 1. The maximum Gasteiger partial charge on any atom is 0.240 e. The molecule has 29 heavy (non-hydrogen) atoms. The highest BCUT2D eigenvalue weighted by Crippen LogP contribution is 2.13. The molecule has 1 atom stereocenters. The van der Waals surface area contributed by atoms with Gasteiger partial charge in [0, 0.05) is 0 Å². The van der Waals surface area contributed by atoms with Crippen molar-refractivity contribution in [2.24, 2.45) is 5.73 Å². The third kappa shape index (κ3) is 5.83. The highest BCUT2D eigenvalue weighted by atomic mass is 16.5. The number of benzene rings is 1. The molecular weight excluding hydrogens is 378 g/mol. The molecule has 0 unspecified atom stereocenters. The number of hydrogen-bond acceptors (Lipinski definition) is 9. The molecule has 0 saturated carbocycles. The molecule has 0 aliphatic carbocycles. The van der Waals surface area contributed by atoms with Crippen molar-refractivity contribution < 1.29 is 14.3 Å². The number of nitrogens with zero attached hydrogens (tertiary/aromatic N) is 8. The number of H-pyrrole nitrogens is 1. The summed E-state index contributed by atoms with van der Waals surface area (Å²) in [5, 5.41) is 28.0. The summed E-state index contributed by atoms with van der Waals surface area (Å²) in [4.78, 5) is 13.9. The molecule has 13 heteroatoms. The maximum atomic E-state index is 12.5. The topological polar surface area (TPSA) is 166 Å². The highest BCUT2D eigenvalue weighted by molar-refractivity contribution is 5.85. The number of aromatic nitrogens is 9. The average Bonchev–Trinajstić information content (AvgIpc) is 3.37. The fourth-order valence-electron chi connectivity index (χ4n) is 2.46. The van der Waals surface area contributed by atoms with Gasteiger partial charge in [-0.05, 0) is 29.8 Å². The summed E-state index contributed by atoms with van der Waals surface area (Å²) in [6.45, 7) is 4.62. The number of nitrogens with two attached hydrogens (primary N) is 1. The number of tetrazole rings is 1. The zero-order chi connectivity index (χ0) is 20.7. The van der Waals surface area contributed by atoms with Crippen molar-refractivity contribution in [2.45, 2.75) is 45.1 Å². The summed E-state index contributed by atoms with van der Waals surface area (Å²) in [5.74, 6) is 0.109. The van der Waals surface area contributed by atoms with Gasteiger partial charge in [0.25, 0.3) is 0 Å². The molecule has 0 saturated heterocycles. The fourth-order valence-corrected chi connectivity index (χ4v) is 2.46. The summed E-state index contributed by atoms with van der Waals surface area (Å²) >= 11 is 0. The van der Waals surface area contributed by atoms with E-state index in [0.29, 0.717) is 25.5 Å². The SMILES string of the molecule is CC(C)(N)C(=O)N[C@H](COCc1ccccc1)c1nnnn1CC[n+]1nnn[nH]1. The third-order valence-electron chi connectivity index (χ3n) is 4.03. The smallest absolute Gasteiger partial charge is 0.240 e. The Kier molecular flexibility index (Phi) is 6.51. The van der Waals surface area contributed by atoms with Gasteiger partial charge in [-0.2, -0.15) is 0 Å². The molecule has 2 heterocycles. The number of carbonyl (C=O) groups excluding carboxylic acids is 1. The lowest BCUT2D eigenvalue weighted by Crippen LogP contribution is -2.51. The van der Waals surface area contributed by atoms with E-state index in [4.69, 9.17) is 10.5 Å². The predicted molar refractivity (Wildman–Crippen MR) is 97.4 cm³/mol. The van der Waals surface area contributed by atoms with Crippen molar-refractivity contribution >= 4 is 5.91 Å². The number of ether oxygens (including phenoxy) is 1. The standard InChI is InChI=1S/C16H23N11O2/c1-16(2,17)15(28)18-13(11-29-10-12-6-4-3-5-7-12)14-19-20-23-26(14)8-9-27-24-21-22-25-27/h3-7,13H,8-11,17H2,1-2H3,(H,18,28)/p+1/t13-/m1/s1. The van der Waals surface area contributed by atoms with Gasteiger partial charge in [0.05, 0.1) is 25.3 Å². The molecule has 0 spiro atoms. The van der Waals surface area contributed by atoms with Crippen molar-refractivity contribution in [1.82, 2.24) is 46.4 Å². The van der Waals surface area contributed by atoms with Crippen molar-refractivity contribution in [3.8, 4) is 0 Å². The summed E-state index contributed by atoms with van der Waals surface area (Å²) in [6, 6.07) is 9.15. The first kappa shape index (κ1) is 20.4. The van der Waals surface area contributed by atoms with Crippen molar-refractivity contribution in [2.75, 3.05) is 6.61 Å². The summed E-state index contributed by atoms with van der Waals surface area (Å²) < 4.78 is 7.38. The highest BCUT2D eigenvalue weighted by Gasteiger charge is 2.28. The van der Waals surface area contributed by atoms with Crippen molar-refractivity contribution in [1.29, 1.82) is 0 Å². The van der Waals surface area contributed by atoms with E-state index < -0.39 is 11.6 Å². The number of hydrogen-bond donors (Lipinski definition) is 3. The van der Waals surface area contributed by atoms with Crippen LogP contribution in [0.4, 0.5) is 0 Å². The van der Waals surface area contributed by atoms with Gasteiger partial charge >= 0.3 is 0 Å². The second-order valence-corrected chi connectivity index (χ2v) is 7.01. The van der Waals surface area contributed by atoms with Gasteiger partial charge < -0.3 is 15.8 Å². The molecule has 1 amide bonds. The van der Waals surface area contributed by atoms with E-state index in [1.807, 2.05) is 30.3 Å². The van der Waals surface area contributed by atoms with Gasteiger partial charge in [-0.15, -0.1) is 5.10 Å². The molecule has 3 rings (SSSR count). The van der Waals surface area contributed by atoms with Gasteiger partial charge in [-0.25, -0.2) is 4.68 Å². The summed E-state index contributed by atoms with van der Waals surface area (Å²) in [7, 11) is 0. The molecule has 2 aromatic heterocycles. The molecule has 13 nitrogen and oxygen atoms in total. The third-order valence-corrected chi connectivity index (χ3v) is 4.03.